The highest BCUT2D eigenvalue weighted by atomic mass is 32.1. The number of carboxylic acid groups (broad SMARTS) is 1. The number of tetrazole rings is 1. The number of thiol groups is 1. The van der Waals surface area contributed by atoms with E-state index in [9.17, 15) is 9.59 Å². The van der Waals surface area contributed by atoms with Crippen molar-refractivity contribution in [1.82, 2.24) is 20.2 Å². The smallest absolute Gasteiger partial charge is 0.325 e. The summed E-state index contributed by atoms with van der Waals surface area (Å²) in [5.74, 6) is -1.34. The molecule has 1 aromatic carbocycles. The van der Waals surface area contributed by atoms with Gasteiger partial charge in [-0.15, -0.1) is 17.7 Å². The zero-order valence-corrected chi connectivity index (χ0v) is 19.7. The number of para-hydroxylation sites is 1. The summed E-state index contributed by atoms with van der Waals surface area (Å²) in [6, 6.07) is 7.17. The van der Waals surface area contributed by atoms with Gasteiger partial charge in [0.2, 0.25) is 5.12 Å². The zero-order chi connectivity index (χ0) is 23.2. The fourth-order valence-electron chi connectivity index (χ4n) is 3.66. The highest BCUT2D eigenvalue weighted by molar-refractivity contribution is 7.96. The Morgan fingerprint density at radius 1 is 1.03 bits per heavy atom. The van der Waals surface area contributed by atoms with Crippen LogP contribution in [0.15, 0.2) is 24.3 Å². The van der Waals surface area contributed by atoms with E-state index in [1.165, 1.54) is 51.4 Å². The Hall–Kier alpha value is -2.42. The molecule has 0 spiro atoms. The average molecular weight is 463 g/mol. The van der Waals surface area contributed by atoms with Crippen molar-refractivity contribution >= 4 is 23.7 Å². The van der Waals surface area contributed by atoms with Crippen LogP contribution in [0.2, 0.25) is 0 Å². The number of aliphatic carboxylic acids is 1. The number of unbranched alkanes of at least 4 members (excludes halogenated alkanes) is 9. The molecule has 0 amide bonds. The first-order chi connectivity index (χ1) is 15.5. The highest BCUT2D eigenvalue weighted by Crippen LogP contribution is 2.32. The van der Waals surface area contributed by atoms with E-state index in [0.717, 1.165) is 17.5 Å². The van der Waals surface area contributed by atoms with Crippen molar-refractivity contribution in [2.75, 3.05) is 6.61 Å². The first-order valence-corrected chi connectivity index (χ1v) is 11.9. The molecule has 0 bridgehead atoms. The molecule has 0 saturated heterocycles. The minimum Gasteiger partial charge on any atom is -0.493 e. The second-order valence-corrected chi connectivity index (χ2v) is 8.37. The lowest BCUT2D eigenvalue weighted by molar-refractivity contribution is -0.138. The van der Waals surface area contributed by atoms with Crippen LogP contribution in [0, 0.1) is 0 Å². The molecule has 1 unspecified atom stereocenters. The summed E-state index contributed by atoms with van der Waals surface area (Å²) >= 11 is 4.01. The largest absolute Gasteiger partial charge is 0.493 e. The third-order valence-electron chi connectivity index (χ3n) is 5.34. The van der Waals surface area contributed by atoms with Gasteiger partial charge < -0.3 is 9.84 Å². The molecule has 9 heteroatoms. The van der Waals surface area contributed by atoms with Gasteiger partial charge in [-0.25, -0.2) is 4.68 Å². The van der Waals surface area contributed by atoms with E-state index < -0.39 is 23.5 Å². The molecule has 0 fully saturated rings. The summed E-state index contributed by atoms with van der Waals surface area (Å²) in [5, 5.41) is 19.7. The fourth-order valence-corrected chi connectivity index (χ4v) is 3.92. The monoisotopic (exact) mass is 462 g/mol. The Morgan fingerprint density at radius 3 is 2.28 bits per heavy atom. The number of carboxylic acids is 1. The molecule has 2 aromatic rings. The second kappa shape index (κ2) is 14.6. The van der Waals surface area contributed by atoms with Gasteiger partial charge >= 0.3 is 5.97 Å². The third kappa shape index (κ3) is 8.61. The number of carbonyl (C=O) groups excluding carboxylic acids is 1. The van der Waals surface area contributed by atoms with Crippen LogP contribution in [-0.2, 0) is 16.1 Å². The van der Waals surface area contributed by atoms with Crippen molar-refractivity contribution in [1.29, 1.82) is 0 Å². The molecule has 0 radical (unpaired) electrons. The SMILES string of the molecule is CCCCCCCCCCCCOc1ccccc1C(C(=O)S)c1nnnn1CC(=O)O. The van der Waals surface area contributed by atoms with Gasteiger partial charge in [0.05, 0.1) is 6.61 Å². The molecule has 2 rings (SSSR count). The standard InChI is InChI=1S/C23H34N4O4S/c1-2-3-4-5-6-7-8-9-10-13-16-31-19-15-12-11-14-18(19)21(23(30)32)22-24-25-26-27(22)17-20(28)29/h11-12,14-15,21H,2-10,13,16-17H2,1H3,(H,28,29)(H,30,32). The number of nitrogens with zero attached hydrogens (tertiary/aromatic N) is 4. The number of rotatable bonds is 17. The normalized spacial score (nSPS) is 11.9. The summed E-state index contributed by atoms with van der Waals surface area (Å²) in [5.41, 5.74) is 0.570. The van der Waals surface area contributed by atoms with Crippen molar-refractivity contribution in [3.63, 3.8) is 0 Å². The van der Waals surface area contributed by atoms with Gasteiger partial charge in [-0.1, -0.05) is 82.9 Å². The van der Waals surface area contributed by atoms with E-state index in [2.05, 4.69) is 35.1 Å². The molecule has 0 aliphatic rings. The molecular formula is C23H34N4O4S. The molecule has 0 saturated carbocycles. The van der Waals surface area contributed by atoms with Crippen LogP contribution in [0.4, 0.5) is 0 Å². The van der Waals surface area contributed by atoms with Gasteiger partial charge in [-0.05, 0) is 22.9 Å². The molecule has 8 nitrogen and oxygen atoms in total. The topological polar surface area (TPSA) is 107 Å². The van der Waals surface area contributed by atoms with Crippen molar-refractivity contribution in [3.8, 4) is 5.75 Å². The summed E-state index contributed by atoms with van der Waals surface area (Å²) < 4.78 is 7.08. The van der Waals surface area contributed by atoms with Gasteiger partial charge in [-0.2, -0.15) is 0 Å². The Morgan fingerprint density at radius 2 is 1.66 bits per heavy atom. The predicted octanol–water partition coefficient (Wildman–Crippen LogP) is 4.65. The van der Waals surface area contributed by atoms with Gasteiger partial charge in [0.1, 0.15) is 18.2 Å². The molecule has 1 heterocycles. The van der Waals surface area contributed by atoms with Gasteiger partial charge in [-0.3, -0.25) is 9.59 Å². The van der Waals surface area contributed by atoms with Crippen molar-refractivity contribution < 1.29 is 19.4 Å². The average Bonchev–Trinajstić information content (AvgIpc) is 3.19. The van der Waals surface area contributed by atoms with Crippen LogP contribution >= 0.6 is 12.6 Å². The molecule has 1 aromatic heterocycles. The number of hydrogen-bond donors (Lipinski definition) is 2. The lowest BCUT2D eigenvalue weighted by Gasteiger charge is -2.17. The number of carbonyl (C=O) groups is 2. The Kier molecular flexibility index (Phi) is 11.8. The predicted molar refractivity (Wildman–Crippen MR) is 125 cm³/mol. The fraction of sp³-hybridized carbons (Fsp3) is 0.609. The molecule has 32 heavy (non-hydrogen) atoms. The van der Waals surface area contributed by atoms with Crippen molar-refractivity contribution in [2.24, 2.45) is 0 Å². The van der Waals surface area contributed by atoms with E-state index in [1.807, 2.05) is 6.07 Å². The molecule has 1 atom stereocenters. The van der Waals surface area contributed by atoms with E-state index in [-0.39, 0.29) is 5.82 Å². The van der Waals surface area contributed by atoms with Crippen LogP contribution in [-0.4, -0.2) is 43.0 Å². The summed E-state index contributed by atoms with van der Waals surface area (Å²) in [4.78, 5) is 23.4. The second-order valence-electron chi connectivity index (χ2n) is 7.93. The van der Waals surface area contributed by atoms with Crippen LogP contribution in [0.1, 0.15) is 88.4 Å². The maximum atomic E-state index is 12.3. The minimum atomic E-state index is -1.10. The minimum absolute atomic E-state index is 0.127. The number of aromatic nitrogens is 4. The van der Waals surface area contributed by atoms with E-state index >= 15 is 0 Å². The lowest BCUT2D eigenvalue weighted by atomic mass is 9.98. The molecule has 0 aliphatic heterocycles. The van der Waals surface area contributed by atoms with Crippen LogP contribution < -0.4 is 4.74 Å². The maximum Gasteiger partial charge on any atom is 0.325 e. The summed E-state index contributed by atoms with van der Waals surface area (Å²) in [6.07, 6.45) is 12.4. The zero-order valence-electron chi connectivity index (χ0n) is 18.8. The van der Waals surface area contributed by atoms with Crippen LogP contribution in [0.25, 0.3) is 0 Å². The van der Waals surface area contributed by atoms with Crippen molar-refractivity contribution in [2.45, 2.75) is 83.6 Å². The van der Waals surface area contributed by atoms with E-state index in [1.54, 1.807) is 18.2 Å². The lowest BCUT2D eigenvalue weighted by Crippen LogP contribution is -2.20. The number of benzene rings is 1. The summed E-state index contributed by atoms with van der Waals surface area (Å²) in [7, 11) is 0. The third-order valence-corrected chi connectivity index (χ3v) is 5.59. The van der Waals surface area contributed by atoms with Gasteiger partial charge in [0, 0.05) is 5.56 Å². The molecule has 1 N–H and O–H groups in total. The van der Waals surface area contributed by atoms with E-state index in [4.69, 9.17) is 9.84 Å². The number of ether oxygens (including phenoxy) is 1. The van der Waals surface area contributed by atoms with E-state index in [0.29, 0.717) is 17.9 Å². The van der Waals surface area contributed by atoms with Crippen molar-refractivity contribution in [3.05, 3.63) is 35.7 Å². The summed E-state index contributed by atoms with van der Waals surface area (Å²) in [6.45, 7) is 2.34. The van der Waals surface area contributed by atoms with Crippen LogP contribution in [0.3, 0.4) is 0 Å². The first kappa shape index (κ1) is 25.8. The first-order valence-electron chi connectivity index (χ1n) is 11.5. The van der Waals surface area contributed by atoms with Gasteiger partial charge in [0.15, 0.2) is 5.82 Å². The molecule has 0 aliphatic carbocycles. The quantitative estimate of drug-likeness (QED) is 0.260. The van der Waals surface area contributed by atoms with Gasteiger partial charge in [0.25, 0.3) is 0 Å². The maximum absolute atomic E-state index is 12.3. The Balaban J connectivity index is 1.88. The Bertz CT molecular complexity index is 843. The highest BCUT2D eigenvalue weighted by Gasteiger charge is 2.29. The van der Waals surface area contributed by atoms with Crippen LogP contribution in [0.5, 0.6) is 5.75 Å². The number of hydrogen-bond acceptors (Lipinski definition) is 6. The Labute approximate surface area is 195 Å². The molecular weight excluding hydrogens is 428 g/mol. The molecule has 176 valence electrons.